The lowest BCUT2D eigenvalue weighted by Gasteiger charge is -2.34. The highest BCUT2D eigenvalue weighted by Crippen LogP contribution is 2.94. The molecule has 17 rings (SSSR count). The maximum Gasteiger partial charge on any atom is 0.164 e. The van der Waals surface area contributed by atoms with Crippen LogP contribution in [-0.2, 0) is 16.2 Å². The van der Waals surface area contributed by atoms with E-state index in [2.05, 4.69) is 146 Å². The summed E-state index contributed by atoms with van der Waals surface area (Å²) in [6, 6.07) is 78.7. The van der Waals surface area contributed by atoms with Crippen LogP contribution in [0.3, 0.4) is 0 Å². The highest BCUT2D eigenvalue weighted by atomic mass is 32.1. The van der Waals surface area contributed by atoms with Crippen molar-refractivity contribution in [3.8, 4) is 68.3 Å². The van der Waals surface area contributed by atoms with Crippen LogP contribution in [0.15, 0.2) is 218 Å². The van der Waals surface area contributed by atoms with Crippen LogP contribution >= 0.6 is 11.3 Å². The third kappa shape index (κ3) is 4.45. The van der Waals surface area contributed by atoms with E-state index in [1.165, 1.54) is 64.3 Å². The second-order valence-electron chi connectivity index (χ2n) is 19.6. The first kappa shape index (κ1) is 38.8. The van der Waals surface area contributed by atoms with Gasteiger partial charge in [0.1, 0.15) is 0 Å². The summed E-state index contributed by atoms with van der Waals surface area (Å²) in [5.74, 6) is 3.92. The lowest BCUT2D eigenvalue weighted by atomic mass is 9.67. The smallest absolute Gasteiger partial charge is 0.164 e. The minimum absolute atomic E-state index is 0.442. The van der Waals surface area contributed by atoms with Crippen molar-refractivity contribution in [1.82, 2.24) is 29.9 Å². The summed E-state index contributed by atoms with van der Waals surface area (Å²) >= 11 is 1.92. The van der Waals surface area contributed by atoms with Gasteiger partial charge in [0.15, 0.2) is 34.9 Å². The van der Waals surface area contributed by atoms with Crippen molar-refractivity contribution in [1.29, 1.82) is 0 Å². The predicted molar refractivity (Wildman–Crippen MR) is 289 cm³/mol. The van der Waals surface area contributed by atoms with E-state index in [0.29, 0.717) is 34.9 Å². The molecule has 1 fully saturated rings. The number of rotatable bonds is 6. The molecule has 3 spiro atoms. The van der Waals surface area contributed by atoms with Gasteiger partial charge in [-0.1, -0.05) is 206 Å². The Morgan fingerprint density at radius 1 is 0.236 bits per heavy atom. The van der Waals surface area contributed by atoms with Gasteiger partial charge in [-0.25, -0.2) is 29.9 Å². The number of benzene rings is 10. The van der Waals surface area contributed by atoms with Crippen molar-refractivity contribution in [3.05, 3.63) is 252 Å². The molecule has 72 heavy (non-hydrogen) atoms. The van der Waals surface area contributed by atoms with Crippen molar-refractivity contribution in [2.45, 2.75) is 16.2 Å². The van der Waals surface area contributed by atoms with Crippen molar-refractivity contribution < 1.29 is 0 Å². The number of thiophene rings is 1. The molecular formula is C65H36N6S. The lowest BCUT2D eigenvalue weighted by Crippen LogP contribution is -2.28. The summed E-state index contributed by atoms with van der Waals surface area (Å²) in [6.07, 6.45) is 0. The third-order valence-electron chi connectivity index (χ3n) is 16.5. The number of hydrogen-bond donors (Lipinski definition) is 0. The molecule has 3 unspecified atom stereocenters. The molecule has 3 heterocycles. The molecule has 3 aromatic heterocycles. The Bertz CT molecular complexity index is 4160. The van der Waals surface area contributed by atoms with Gasteiger partial charge in [0, 0.05) is 53.6 Å². The first-order chi connectivity index (χ1) is 35.7. The molecular weight excluding hydrogens is 897 g/mol. The minimum Gasteiger partial charge on any atom is -0.208 e. The van der Waals surface area contributed by atoms with Crippen LogP contribution in [0.1, 0.15) is 33.4 Å². The average molecular weight is 933 g/mol. The Morgan fingerprint density at radius 3 is 0.875 bits per heavy atom. The quantitative estimate of drug-likeness (QED) is 0.165. The Kier molecular flexibility index (Phi) is 7.34. The number of aromatic nitrogens is 6. The van der Waals surface area contributed by atoms with E-state index in [1.807, 2.05) is 84.1 Å². The average Bonchev–Trinajstić information content (AvgIpc) is 3.77. The first-order valence-corrected chi connectivity index (χ1v) is 25.3. The van der Waals surface area contributed by atoms with E-state index in [1.54, 1.807) is 0 Å². The molecule has 0 N–H and O–H groups in total. The maximum absolute atomic E-state index is 5.30. The van der Waals surface area contributed by atoms with Crippen LogP contribution in [0.25, 0.3) is 110 Å². The molecule has 0 aliphatic heterocycles. The summed E-state index contributed by atoms with van der Waals surface area (Å²) in [4.78, 5) is 31.4. The van der Waals surface area contributed by atoms with Gasteiger partial charge in [-0.15, -0.1) is 11.3 Å². The molecule has 332 valence electrons. The standard InChI is InChI=1S/C65H36N6S/c1-5-17-37(18-6-1)57-66-58(38-19-7-2-8-20-38)69-61(68-57)43-33-35-49-53-41(43)25-13-27-45(53)63-47-29-15-31-51-55(47)56-48(30-16-32-52(56)72-51)65(63)50-36-34-44(42-26-14-28-46(54(42)50)64(49,63)65)62-70-59(39-21-9-3-10-22-39)67-60(71-62)40-23-11-4-12-24-40/h1-36H. The fourth-order valence-electron chi connectivity index (χ4n) is 14.2. The number of hydrogen-bond acceptors (Lipinski definition) is 7. The van der Waals surface area contributed by atoms with E-state index < -0.39 is 16.2 Å². The topological polar surface area (TPSA) is 77.3 Å². The lowest BCUT2D eigenvalue weighted by molar-refractivity contribution is 0.703. The zero-order valence-electron chi connectivity index (χ0n) is 38.4. The monoisotopic (exact) mass is 932 g/mol. The van der Waals surface area contributed by atoms with Crippen LogP contribution in [0.2, 0.25) is 0 Å². The molecule has 4 aliphatic carbocycles. The Balaban J connectivity index is 0.962. The van der Waals surface area contributed by atoms with Crippen molar-refractivity contribution in [2.75, 3.05) is 0 Å². The summed E-state index contributed by atoms with van der Waals surface area (Å²) in [7, 11) is 0. The molecule has 0 bridgehead atoms. The molecule has 0 amide bonds. The van der Waals surface area contributed by atoms with Gasteiger partial charge in [-0.2, -0.15) is 0 Å². The van der Waals surface area contributed by atoms with Gasteiger partial charge in [0.2, 0.25) is 0 Å². The van der Waals surface area contributed by atoms with E-state index >= 15 is 0 Å². The Hall–Kier alpha value is -9.04. The van der Waals surface area contributed by atoms with Gasteiger partial charge in [-0.05, 0) is 67.1 Å². The van der Waals surface area contributed by atoms with E-state index in [0.717, 1.165) is 44.2 Å². The van der Waals surface area contributed by atoms with Gasteiger partial charge >= 0.3 is 0 Å². The predicted octanol–water partition coefficient (Wildman–Crippen LogP) is 14.9. The molecule has 7 heteroatoms. The van der Waals surface area contributed by atoms with Crippen molar-refractivity contribution >= 4 is 53.1 Å². The van der Waals surface area contributed by atoms with E-state index in [4.69, 9.17) is 29.9 Å². The molecule has 0 radical (unpaired) electrons. The zero-order chi connectivity index (χ0) is 46.9. The molecule has 10 aromatic carbocycles. The highest BCUT2D eigenvalue weighted by Gasteiger charge is 2.95. The Labute approximate surface area is 417 Å². The van der Waals surface area contributed by atoms with Crippen LogP contribution < -0.4 is 0 Å². The SMILES string of the molecule is c1ccc(-c2nc(-c3ccccc3)nc(-c3ccc4c5c(cccc35)C35c6cccc7sc8cccc(c8c67)C36c3ccc(-c7nc(-c8ccccc8)nc(-c8ccccc8)n7)c7cccc(c37)C456)n2)cc1. The summed E-state index contributed by atoms with van der Waals surface area (Å²) < 4.78 is 2.67. The fraction of sp³-hybridized carbons (Fsp3) is 0.0462. The fourth-order valence-corrected chi connectivity index (χ4v) is 15.4. The maximum atomic E-state index is 5.30. The molecule has 6 nitrogen and oxygen atoms in total. The van der Waals surface area contributed by atoms with Crippen LogP contribution in [0, 0.1) is 0 Å². The summed E-state index contributed by atoms with van der Waals surface area (Å²) in [5.41, 5.74) is 12.7. The van der Waals surface area contributed by atoms with Crippen molar-refractivity contribution in [2.24, 2.45) is 0 Å². The first-order valence-electron chi connectivity index (χ1n) is 24.5. The second-order valence-corrected chi connectivity index (χ2v) is 20.6. The third-order valence-corrected chi connectivity index (χ3v) is 17.7. The second kappa shape index (κ2) is 13.6. The molecule has 0 saturated heterocycles. The largest absolute Gasteiger partial charge is 0.208 e. The van der Waals surface area contributed by atoms with E-state index in [9.17, 15) is 0 Å². The summed E-state index contributed by atoms with van der Waals surface area (Å²) in [5, 5.41) is 7.67. The van der Waals surface area contributed by atoms with Gasteiger partial charge < -0.3 is 0 Å². The van der Waals surface area contributed by atoms with Crippen LogP contribution in [0.5, 0.6) is 0 Å². The highest BCUT2D eigenvalue weighted by molar-refractivity contribution is 7.26. The molecule has 4 aliphatic rings. The molecule has 13 aromatic rings. The Morgan fingerprint density at radius 2 is 0.528 bits per heavy atom. The van der Waals surface area contributed by atoms with Gasteiger partial charge in [0.05, 0.1) is 16.2 Å². The van der Waals surface area contributed by atoms with Gasteiger partial charge in [0.25, 0.3) is 0 Å². The van der Waals surface area contributed by atoms with Crippen LogP contribution in [-0.4, -0.2) is 29.9 Å². The van der Waals surface area contributed by atoms with Crippen molar-refractivity contribution in [3.63, 3.8) is 0 Å². The number of nitrogens with zero attached hydrogens (tertiary/aromatic N) is 6. The zero-order valence-corrected chi connectivity index (χ0v) is 39.2. The minimum atomic E-state index is -0.479. The molecule has 1 saturated carbocycles. The summed E-state index contributed by atoms with van der Waals surface area (Å²) in [6.45, 7) is 0. The van der Waals surface area contributed by atoms with E-state index in [-0.39, 0.29) is 0 Å². The van der Waals surface area contributed by atoms with Crippen LogP contribution in [0.4, 0.5) is 0 Å². The molecule has 3 atom stereocenters. The normalized spacial score (nSPS) is 19.3. The van der Waals surface area contributed by atoms with Gasteiger partial charge in [-0.3, -0.25) is 0 Å².